The van der Waals surface area contributed by atoms with E-state index in [4.69, 9.17) is 36.5 Å². The molecule has 0 aliphatic rings. The summed E-state index contributed by atoms with van der Waals surface area (Å²) in [5.41, 5.74) is 14.2. The molecule has 0 bridgehead atoms. The minimum absolute atomic E-state index is 0. The van der Waals surface area contributed by atoms with E-state index >= 15 is 0 Å². The molecule has 0 aromatic heterocycles. The van der Waals surface area contributed by atoms with Crippen LogP contribution < -0.4 is 25.7 Å². The van der Waals surface area contributed by atoms with Gasteiger partial charge >= 0.3 is 0 Å². The Bertz CT molecular complexity index is 952. The van der Waals surface area contributed by atoms with Gasteiger partial charge in [0.15, 0.2) is 0 Å². The number of benzene rings is 3. The molecule has 7 heteroatoms. The molecule has 0 unspecified atom stereocenters. The summed E-state index contributed by atoms with van der Waals surface area (Å²) in [6.45, 7) is 0.717. The minimum atomic E-state index is 0. The molecule has 0 atom stereocenters. The molecule has 0 heterocycles. The van der Waals surface area contributed by atoms with Crippen LogP contribution in [0.3, 0.4) is 0 Å². The van der Waals surface area contributed by atoms with Crippen molar-refractivity contribution in [3.8, 4) is 17.2 Å². The summed E-state index contributed by atoms with van der Waals surface area (Å²) in [6.07, 6.45) is 0. The fraction of sp³-hybridized carbons (Fsp3) is 0.167. The fourth-order valence-electron chi connectivity index (χ4n) is 2.72. The number of amidine groups is 2. The monoisotopic (exact) mass is 420 g/mol. The highest BCUT2D eigenvalue weighted by Crippen LogP contribution is 2.29. The Morgan fingerprint density at radius 3 is 1.35 bits per heavy atom. The summed E-state index contributed by atoms with van der Waals surface area (Å²) in [7, 11) is 1.59. The van der Waals surface area contributed by atoms with Gasteiger partial charge < -0.3 is 25.7 Å². The van der Waals surface area contributed by atoms with Crippen molar-refractivity contribution in [3.63, 3.8) is 0 Å². The lowest BCUT2D eigenvalue weighted by Gasteiger charge is -2.12. The van der Waals surface area contributed by atoms with Crippen LogP contribution in [0, 0.1) is 10.8 Å². The van der Waals surface area contributed by atoms with Gasteiger partial charge in [0.05, 0.1) is 7.11 Å². The van der Waals surface area contributed by atoms with Gasteiger partial charge in [0.2, 0.25) is 0 Å². The van der Waals surface area contributed by atoms with Crippen molar-refractivity contribution in [1.82, 2.24) is 0 Å². The molecule has 0 aliphatic heterocycles. The van der Waals surface area contributed by atoms with E-state index in [2.05, 4.69) is 0 Å². The lowest BCUT2D eigenvalue weighted by atomic mass is 10.1. The molecule has 3 aromatic carbocycles. The summed E-state index contributed by atoms with van der Waals surface area (Å²) in [5, 5.41) is 14.9. The third-order valence-electron chi connectivity index (χ3n) is 4.43. The van der Waals surface area contributed by atoms with E-state index in [-0.39, 0.29) is 19.1 Å². The summed E-state index contributed by atoms with van der Waals surface area (Å²) < 4.78 is 17.1. The van der Waals surface area contributed by atoms with Crippen LogP contribution in [-0.4, -0.2) is 18.8 Å². The topological polar surface area (TPSA) is 127 Å². The van der Waals surface area contributed by atoms with Crippen LogP contribution in [0.15, 0.2) is 66.7 Å². The van der Waals surface area contributed by atoms with Crippen molar-refractivity contribution in [3.05, 3.63) is 89.0 Å². The van der Waals surface area contributed by atoms with Crippen LogP contribution in [0.25, 0.3) is 0 Å². The standard InChI is InChI=1S/C23H24N4O3.CH4/c1-28-19-10-20(29-13-15-2-6-17(7-3-15)22(24)25)12-21(11-19)30-14-16-4-8-18(9-5-16)23(26)27;/h2-12H,13-14H2,1H3,(H3,24,25)(H3,26,27);1H4. The number of hydrogen-bond donors (Lipinski definition) is 4. The van der Waals surface area contributed by atoms with Crippen molar-refractivity contribution < 1.29 is 14.2 Å². The van der Waals surface area contributed by atoms with Gasteiger partial charge in [0, 0.05) is 29.3 Å². The van der Waals surface area contributed by atoms with Gasteiger partial charge in [-0.3, -0.25) is 10.8 Å². The molecular formula is C24H28N4O3. The van der Waals surface area contributed by atoms with Gasteiger partial charge in [-0.25, -0.2) is 0 Å². The highest BCUT2D eigenvalue weighted by atomic mass is 16.5. The van der Waals surface area contributed by atoms with Crippen LogP contribution in [0.2, 0.25) is 0 Å². The maximum absolute atomic E-state index is 7.45. The number of nitrogens with two attached hydrogens (primary N) is 2. The third-order valence-corrected chi connectivity index (χ3v) is 4.43. The summed E-state index contributed by atoms with van der Waals surface area (Å²) in [5.74, 6) is 1.93. The van der Waals surface area contributed by atoms with Crippen molar-refractivity contribution in [2.45, 2.75) is 20.6 Å². The predicted octanol–water partition coefficient (Wildman–Crippen LogP) is 4.06. The second-order valence-electron chi connectivity index (χ2n) is 6.64. The first kappa shape index (κ1) is 23.3. The molecular weight excluding hydrogens is 392 g/mol. The Hall–Kier alpha value is -4.00. The van der Waals surface area contributed by atoms with E-state index < -0.39 is 0 Å². The number of nitrogens with one attached hydrogen (secondary N) is 2. The molecule has 7 nitrogen and oxygen atoms in total. The van der Waals surface area contributed by atoms with E-state index in [9.17, 15) is 0 Å². The van der Waals surface area contributed by atoms with E-state index in [1.807, 2.05) is 24.3 Å². The van der Waals surface area contributed by atoms with Crippen molar-refractivity contribution >= 4 is 11.7 Å². The highest BCUT2D eigenvalue weighted by molar-refractivity contribution is 5.95. The maximum Gasteiger partial charge on any atom is 0.127 e. The van der Waals surface area contributed by atoms with Gasteiger partial charge in [0.1, 0.15) is 42.1 Å². The molecule has 0 fully saturated rings. The Morgan fingerprint density at radius 2 is 1.03 bits per heavy atom. The first-order chi connectivity index (χ1) is 14.4. The average molecular weight is 421 g/mol. The van der Waals surface area contributed by atoms with E-state index in [1.54, 1.807) is 49.6 Å². The van der Waals surface area contributed by atoms with E-state index in [0.717, 1.165) is 11.1 Å². The van der Waals surface area contributed by atoms with Crippen molar-refractivity contribution in [2.75, 3.05) is 7.11 Å². The second kappa shape index (κ2) is 10.7. The first-order valence-electron chi connectivity index (χ1n) is 9.26. The Kier molecular flexibility index (Phi) is 8.02. The molecule has 31 heavy (non-hydrogen) atoms. The number of methoxy groups -OCH3 is 1. The number of rotatable bonds is 9. The maximum atomic E-state index is 7.45. The SMILES string of the molecule is C.COc1cc(OCc2ccc(C(=N)N)cc2)cc(OCc2ccc(C(=N)N)cc2)c1. The first-order valence-corrected chi connectivity index (χ1v) is 9.26. The summed E-state index contributed by atoms with van der Waals surface area (Å²) in [6, 6.07) is 20.0. The van der Waals surface area contributed by atoms with Crippen LogP contribution >= 0.6 is 0 Å². The molecule has 3 aromatic rings. The Labute approximate surface area is 182 Å². The van der Waals surface area contributed by atoms with E-state index in [1.165, 1.54) is 0 Å². The van der Waals surface area contributed by atoms with Crippen LogP contribution in [0.4, 0.5) is 0 Å². The van der Waals surface area contributed by atoms with Gasteiger partial charge in [-0.05, 0) is 11.1 Å². The van der Waals surface area contributed by atoms with Gasteiger partial charge in [0.25, 0.3) is 0 Å². The fourth-order valence-corrected chi connectivity index (χ4v) is 2.72. The normalized spacial score (nSPS) is 9.97. The molecule has 0 saturated carbocycles. The van der Waals surface area contributed by atoms with Crippen LogP contribution in [0.5, 0.6) is 17.2 Å². The predicted molar refractivity (Wildman–Crippen MR) is 123 cm³/mol. The quantitative estimate of drug-likeness (QED) is 0.307. The lowest BCUT2D eigenvalue weighted by molar-refractivity contribution is 0.286. The molecule has 3 rings (SSSR count). The molecule has 6 N–H and O–H groups in total. The van der Waals surface area contributed by atoms with Crippen LogP contribution in [-0.2, 0) is 13.2 Å². The number of nitrogen functional groups attached to an aromatic ring is 2. The van der Waals surface area contributed by atoms with E-state index in [0.29, 0.717) is 41.6 Å². The highest BCUT2D eigenvalue weighted by Gasteiger charge is 2.06. The lowest BCUT2D eigenvalue weighted by Crippen LogP contribution is -2.10. The second-order valence-corrected chi connectivity index (χ2v) is 6.64. The van der Waals surface area contributed by atoms with Gasteiger partial charge in [-0.2, -0.15) is 0 Å². The molecule has 0 radical (unpaired) electrons. The zero-order valence-corrected chi connectivity index (χ0v) is 16.6. The summed E-state index contributed by atoms with van der Waals surface area (Å²) in [4.78, 5) is 0. The smallest absolute Gasteiger partial charge is 0.127 e. The number of hydrogen-bond acceptors (Lipinski definition) is 5. The Balaban J connectivity index is 0.00000341. The van der Waals surface area contributed by atoms with Crippen molar-refractivity contribution in [1.29, 1.82) is 10.8 Å². The molecule has 0 amide bonds. The van der Waals surface area contributed by atoms with Crippen molar-refractivity contribution in [2.24, 2.45) is 11.5 Å². The zero-order chi connectivity index (χ0) is 21.5. The molecule has 0 spiro atoms. The molecule has 0 saturated heterocycles. The number of ether oxygens (including phenoxy) is 3. The largest absolute Gasteiger partial charge is 0.496 e. The van der Waals surface area contributed by atoms with Gasteiger partial charge in [-0.1, -0.05) is 56.0 Å². The average Bonchev–Trinajstić information content (AvgIpc) is 2.76. The minimum Gasteiger partial charge on any atom is -0.496 e. The molecule has 0 aliphatic carbocycles. The third kappa shape index (κ3) is 6.50. The Morgan fingerprint density at radius 1 is 0.677 bits per heavy atom. The zero-order valence-electron chi connectivity index (χ0n) is 16.6. The summed E-state index contributed by atoms with van der Waals surface area (Å²) >= 11 is 0. The van der Waals surface area contributed by atoms with Gasteiger partial charge in [-0.15, -0.1) is 0 Å². The van der Waals surface area contributed by atoms with Crippen LogP contribution in [0.1, 0.15) is 29.7 Å². The molecule has 162 valence electrons.